The summed E-state index contributed by atoms with van der Waals surface area (Å²) in [6.07, 6.45) is 12.4. The predicted octanol–water partition coefficient (Wildman–Crippen LogP) is 8.83. The fourth-order valence-electron chi connectivity index (χ4n) is 10.6. The normalized spacial score (nSPS) is 21.3. The number of ether oxygens (including phenoxy) is 2. The van der Waals surface area contributed by atoms with Crippen molar-refractivity contribution in [2.45, 2.75) is 95.0 Å². The Kier molecular flexibility index (Phi) is 12.7. The summed E-state index contributed by atoms with van der Waals surface area (Å²) >= 11 is 0. The molecule has 2 aliphatic carbocycles. The molecule has 66 heavy (non-hydrogen) atoms. The van der Waals surface area contributed by atoms with Gasteiger partial charge in [0, 0.05) is 61.6 Å². The van der Waals surface area contributed by atoms with Crippen LogP contribution in [-0.2, 0) is 14.8 Å². The lowest BCUT2D eigenvalue weighted by atomic mass is 9.59. The summed E-state index contributed by atoms with van der Waals surface area (Å²) < 4.78 is 42.0. The molecule has 17 heteroatoms. The molecule has 1 atom stereocenters. The smallest absolute Gasteiger partial charge is 0.312 e. The largest absolute Gasteiger partial charge is 0.455 e. The van der Waals surface area contributed by atoms with Crippen LogP contribution in [0.3, 0.4) is 0 Å². The van der Waals surface area contributed by atoms with Gasteiger partial charge >= 0.3 is 5.69 Å². The van der Waals surface area contributed by atoms with E-state index in [1.165, 1.54) is 23.4 Å². The van der Waals surface area contributed by atoms with Crippen LogP contribution < -0.4 is 19.7 Å². The highest BCUT2D eigenvalue weighted by Crippen LogP contribution is 2.53. The second-order valence-corrected chi connectivity index (χ2v) is 20.7. The summed E-state index contributed by atoms with van der Waals surface area (Å²) in [5.74, 6) is 0.672. The summed E-state index contributed by atoms with van der Waals surface area (Å²) in [6.45, 7) is 11.1. The van der Waals surface area contributed by atoms with Crippen LogP contribution in [0, 0.1) is 38.7 Å². The molecule has 3 N–H and O–H groups in total. The second kappa shape index (κ2) is 18.7. The number of nitrogens with one attached hydrogen (secondary N) is 3. The number of aromatic amines is 1. The number of hydrogen-bond donors (Lipinski definition) is 3. The van der Waals surface area contributed by atoms with Gasteiger partial charge in [-0.2, -0.15) is 5.26 Å². The number of H-pyrrole nitrogens is 1. The molecular weight excluding hydrogens is 859 g/mol. The van der Waals surface area contributed by atoms with Gasteiger partial charge in [0.15, 0.2) is 0 Å². The maximum Gasteiger partial charge on any atom is 0.312 e. The van der Waals surface area contributed by atoms with Gasteiger partial charge in [-0.05, 0) is 91.0 Å². The van der Waals surface area contributed by atoms with E-state index in [2.05, 4.69) is 85.9 Å². The Balaban J connectivity index is 0.918. The number of hydrogen-bond acceptors (Lipinski definition) is 13. The number of sulfonamides is 1. The van der Waals surface area contributed by atoms with E-state index in [9.17, 15) is 28.6 Å². The molecule has 346 valence electrons. The number of anilines is 2. The lowest BCUT2D eigenvalue weighted by Crippen LogP contribution is -2.58. The van der Waals surface area contributed by atoms with Gasteiger partial charge in [-0.15, -0.1) is 0 Å². The minimum Gasteiger partial charge on any atom is -0.455 e. The molecule has 16 nitrogen and oxygen atoms in total. The number of piperidine rings is 1. The van der Waals surface area contributed by atoms with Crippen molar-refractivity contribution in [3.05, 3.63) is 106 Å². The lowest BCUT2D eigenvalue weighted by molar-refractivity contribution is -0.384. The molecule has 0 unspecified atom stereocenters. The Bertz CT molecular complexity index is 2760. The minimum absolute atomic E-state index is 0.0301. The van der Waals surface area contributed by atoms with Crippen molar-refractivity contribution in [3.8, 4) is 17.6 Å². The van der Waals surface area contributed by atoms with E-state index in [1.807, 2.05) is 0 Å². The number of benzene rings is 2. The van der Waals surface area contributed by atoms with Gasteiger partial charge < -0.3 is 24.7 Å². The molecule has 2 aromatic carbocycles. The number of nitriles is 1. The summed E-state index contributed by atoms with van der Waals surface area (Å²) in [6, 6.07) is 19.2. The maximum atomic E-state index is 14.0. The van der Waals surface area contributed by atoms with Crippen molar-refractivity contribution in [2.24, 2.45) is 17.3 Å². The van der Waals surface area contributed by atoms with Crippen molar-refractivity contribution in [2.75, 3.05) is 49.6 Å². The number of carbonyl (C=O) groups excluding carboxylic acids is 1. The highest BCUT2D eigenvalue weighted by Gasteiger charge is 2.49. The van der Waals surface area contributed by atoms with Crippen molar-refractivity contribution < 1.29 is 27.6 Å². The number of fused-ring (bicyclic) bond motifs is 1. The van der Waals surface area contributed by atoms with E-state index in [0.717, 1.165) is 95.6 Å². The summed E-state index contributed by atoms with van der Waals surface area (Å²) in [4.78, 5) is 41.4. The first-order valence-corrected chi connectivity index (χ1v) is 24.6. The predicted molar refractivity (Wildman–Crippen MR) is 250 cm³/mol. The topological polar surface area (TPSA) is 209 Å². The Morgan fingerprint density at radius 1 is 1.06 bits per heavy atom. The fourth-order valence-corrected chi connectivity index (χ4v) is 11.5. The zero-order valence-electron chi connectivity index (χ0n) is 37.7. The van der Waals surface area contributed by atoms with E-state index in [-0.39, 0.29) is 34.3 Å². The van der Waals surface area contributed by atoms with Crippen molar-refractivity contribution in [1.29, 1.82) is 5.26 Å². The molecule has 3 aromatic heterocycles. The Morgan fingerprint density at radius 3 is 2.58 bits per heavy atom. The third-order valence-electron chi connectivity index (χ3n) is 14.5. The molecule has 2 saturated heterocycles. The van der Waals surface area contributed by atoms with Crippen molar-refractivity contribution in [3.63, 3.8) is 0 Å². The van der Waals surface area contributed by atoms with Gasteiger partial charge in [0.05, 0.1) is 47.7 Å². The van der Waals surface area contributed by atoms with Crippen LogP contribution in [-0.4, -0.2) is 84.5 Å². The summed E-state index contributed by atoms with van der Waals surface area (Å²) in [5.41, 5.74) is 4.02. The van der Waals surface area contributed by atoms with Gasteiger partial charge in [0.1, 0.15) is 28.1 Å². The molecule has 2 saturated carbocycles. The standard InChI is InChI=1S/C49H57N9O7S/c1-31(2)39-6-4-5-7-40(39)44-30-64-19-18-57(44)36-23-49(24-36)14-16-56(17-15-49)35-12-13-41(45(20-35)65-37-21-42-34(25-50)27-52-46(42)53-28-37)48(59)55-66(62,63)38-22-43(58(60)61)47(54-29-38)51-26-33-10-8-32(3)9-11-33/h4-7,12-13,20-22,27-29,31-33,36,44H,8-11,14-19,23-24,26,30H2,1-3H3,(H,51,54)(H,52,53)(H,55,59)/t32?,33?,44-/m0/s1. The summed E-state index contributed by atoms with van der Waals surface area (Å²) in [7, 11) is -4.64. The molecule has 2 aliphatic heterocycles. The van der Waals surface area contributed by atoms with Crippen LogP contribution in [0.25, 0.3) is 11.0 Å². The maximum absolute atomic E-state index is 14.0. The first-order valence-electron chi connectivity index (χ1n) is 23.1. The Hall–Kier alpha value is -6.09. The number of pyridine rings is 2. The van der Waals surface area contributed by atoms with E-state index < -0.39 is 31.4 Å². The van der Waals surface area contributed by atoms with E-state index in [1.54, 1.807) is 24.4 Å². The third kappa shape index (κ3) is 9.31. The number of aromatic nitrogens is 3. The minimum atomic E-state index is -4.64. The third-order valence-corrected chi connectivity index (χ3v) is 15.8. The number of nitro groups is 1. The van der Waals surface area contributed by atoms with Gasteiger partial charge in [0.2, 0.25) is 5.82 Å². The van der Waals surface area contributed by atoms with Gasteiger partial charge in [-0.25, -0.2) is 23.1 Å². The molecule has 0 radical (unpaired) electrons. The van der Waals surface area contributed by atoms with E-state index in [0.29, 0.717) is 53.5 Å². The molecule has 1 amide bonds. The second-order valence-electron chi connectivity index (χ2n) is 19.1. The van der Waals surface area contributed by atoms with Crippen molar-refractivity contribution >= 4 is 44.2 Å². The molecule has 5 heterocycles. The Morgan fingerprint density at radius 2 is 1.83 bits per heavy atom. The van der Waals surface area contributed by atoms with Gasteiger partial charge in [-0.1, -0.05) is 57.9 Å². The zero-order valence-corrected chi connectivity index (χ0v) is 38.5. The Labute approximate surface area is 385 Å². The number of nitrogens with zero attached hydrogens (tertiary/aromatic N) is 6. The molecule has 9 rings (SSSR count). The number of rotatable bonds is 13. The molecule has 0 bridgehead atoms. The van der Waals surface area contributed by atoms with E-state index >= 15 is 0 Å². The van der Waals surface area contributed by atoms with Crippen LogP contribution in [0.5, 0.6) is 11.5 Å². The number of carbonyl (C=O) groups is 1. The quantitative estimate of drug-likeness (QED) is 0.0746. The average Bonchev–Trinajstić information content (AvgIpc) is 3.72. The molecule has 1 spiro atoms. The van der Waals surface area contributed by atoms with Crippen LogP contribution in [0.1, 0.15) is 111 Å². The number of morpholine rings is 1. The fraction of sp³-hybridized carbons (Fsp3) is 0.469. The van der Waals surface area contributed by atoms with E-state index in [4.69, 9.17) is 9.47 Å². The van der Waals surface area contributed by atoms with Crippen molar-refractivity contribution in [1.82, 2.24) is 24.6 Å². The highest BCUT2D eigenvalue weighted by atomic mass is 32.2. The van der Waals surface area contributed by atoms with Gasteiger partial charge in [-0.3, -0.25) is 19.8 Å². The van der Waals surface area contributed by atoms with Crippen LogP contribution >= 0.6 is 0 Å². The number of amides is 1. The van der Waals surface area contributed by atoms with Crippen LogP contribution in [0.15, 0.2) is 78.1 Å². The first-order chi connectivity index (χ1) is 31.8. The van der Waals surface area contributed by atoms with Crippen LogP contribution in [0.4, 0.5) is 17.2 Å². The SMILES string of the molecule is CC1CCC(CNc2ncc(S(=O)(=O)NC(=O)c3ccc(N4CCC5(CC4)CC(N4CCOC[C@H]4c4ccccc4C(C)C)C5)cc3Oc3cnc4[nH]cc(C#N)c4c3)cc2[N+](=O)[O-])CC1. The molecule has 5 aromatic rings. The molecular formula is C49H57N9O7S. The van der Waals surface area contributed by atoms with Crippen LogP contribution in [0.2, 0.25) is 0 Å². The molecule has 4 fully saturated rings. The summed E-state index contributed by atoms with van der Waals surface area (Å²) in [5, 5.41) is 25.4. The van der Waals surface area contributed by atoms with Gasteiger partial charge in [0.25, 0.3) is 15.9 Å². The average molecular weight is 916 g/mol. The molecule has 4 aliphatic rings. The lowest BCUT2D eigenvalue weighted by Gasteiger charge is -2.57. The zero-order chi connectivity index (χ0) is 46.2. The first kappa shape index (κ1) is 45.1. The monoisotopic (exact) mass is 915 g/mol. The highest BCUT2D eigenvalue weighted by molar-refractivity contribution is 7.90.